The van der Waals surface area contributed by atoms with Gasteiger partial charge in [0.25, 0.3) is 0 Å². The second-order valence-electron chi connectivity index (χ2n) is 3.83. The van der Waals surface area contributed by atoms with Crippen molar-refractivity contribution < 1.29 is 4.74 Å². The van der Waals surface area contributed by atoms with Crippen LogP contribution in [0.4, 0.5) is 0 Å². The third-order valence-electron chi connectivity index (χ3n) is 2.61. The third kappa shape index (κ3) is 2.59. The summed E-state index contributed by atoms with van der Waals surface area (Å²) in [5.41, 5.74) is 2.73. The van der Waals surface area contributed by atoms with Crippen LogP contribution in [0.2, 0.25) is 5.15 Å². The van der Waals surface area contributed by atoms with Gasteiger partial charge in [-0.25, -0.2) is 15.0 Å². The fraction of sp³-hybridized carbons (Fsp3) is 0.308. The molecule has 2 heterocycles. The van der Waals surface area contributed by atoms with Crippen LogP contribution in [0.15, 0.2) is 24.7 Å². The van der Waals surface area contributed by atoms with E-state index in [1.165, 1.54) is 6.33 Å². The summed E-state index contributed by atoms with van der Waals surface area (Å²) in [6.45, 7) is 2.10. The van der Waals surface area contributed by atoms with Crippen LogP contribution in [-0.2, 0) is 6.42 Å². The fourth-order valence-corrected chi connectivity index (χ4v) is 1.98. The molecule has 94 valence electrons. The fourth-order valence-electron chi connectivity index (χ4n) is 1.75. The first kappa shape index (κ1) is 12.8. The molecule has 0 aliphatic carbocycles. The van der Waals surface area contributed by atoms with Crippen LogP contribution in [0.25, 0.3) is 11.3 Å². The van der Waals surface area contributed by atoms with Gasteiger partial charge in [0.1, 0.15) is 11.5 Å². The second kappa shape index (κ2) is 5.78. The summed E-state index contributed by atoms with van der Waals surface area (Å²) in [6, 6.07) is 3.73. The van der Waals surface area contributed by atoms with Crippen molar-refractivity contribution in [3.05, 3.63) is 35.4 Å². The molecule has 0 N–H and O–H groups in total. The predicted octanol–water partition coefficient (Wildman–Crippen LogP) is 3.15. The Hall–Kier alpha value is -1.68. The number of aromatic nitrogens is 3. The Morgan fingerprint density at radius 3 is 2.67 bits per heavy atom. The van der Waals surface area contributed by atoms with Crippen molar-refractivity contribution in [2.75, 3.05) is 7.11 Å². The van der Waals surface area contributed by atoms with Gasteiger partial charge in [-0.1, -0.05) is 24.9 Å². The molecule has 0 aromatic carbocycles. The first-order valence-electron chi connectivity index (χ1n) is 5.76. The van der Waals surface area contributed by atoms with Gasteiger partial charge in [0.2, 0.25) is 5.88 Å². The molecule has 18 heavy (non-hydrogen) atoms. The van der Waals surface area contributed by atoms with E-state index in [2.05, 4.69) is 21.9 Å². The van der Waals surface area contributed by atoms with Crippen molar-refractivity contribution in [3.8, 4) is 17.1 Å². The van der Waals surface area contributed by atoms with Crippen LogP contribution in [-0.4, -0.2) is 22.1 Å². The van der Waals surface area contributed by atoms with Crippen LogP contribution in [0.1, 0.15) is 18.9 Å². The molecule has 0 saturated heterocycles. The van der Waals surface area contributed by atoms with Crippen LogP contribution in [0, 0.1) is 0 Å². The Labute approximate surface area is 111 Å². The molecular weight excluding hydrogens is 250 g/mol. The van der Waals surface area contributed by atoms with Gasteiger partial charge in [0.15, 0.2) is 0 Å². The highest BCUT2D eigenvalue weighted by atomic mass is 35.5. The molecule has 0 amide bonds. The minimum Gasteiger partial charge on any atom is -0.481 e. The van der Waals surface area contributed by atoms with Gasteiger partial charge < -0.3 is 4.74 Å². The molecule has 2 aromatic heterocycles. The number of methoxy groups -OCH3 is 1. The van der Waals surface area contributed by atoms with E-state index in [0.717, 1.165) is 29.7 Å². The molecule has 0 spiro atoms. The first-order chi connectivity index (χ1) is 8.76. The Morgan fingerprint density at radius 1 is 1.22 bits per heavy atom. The van der Waals surface area contributed by atoms with E-state index in [1.54, 1.807) is 19.4 Å². The van der Waals surface area contributed by atoms with E-state index >= 15 is 0 Å². The number of ether oxygens (including phenoxy) is 1. The van der Waals surface area contributed by atoms with Gasteiger partial charge in [0.05, 0.1) is 12.8 Å². The lowest BCUT2D eigenvalue weighted by molar-refractivity contribution is 0.398. The molecule has 2 aromatic rings. The zero-order valence-electron chi connectivity index (χ0n) is 10.4. The molecule has 0 fully saturated rings. The van der Waals surface area contributed by atoms with Gasteiger partial charge in [0, 0.05) is 23.4 Å². The maximum Gasteiger partial charge on any atom is 0.212 e. The minimum atomic E-state index is 0.512. The summed E-state index contributed by atoms with van der Waals surface area (Å²) in [4.78, 5) is 12.5. The Bertz CT molecular complexity index is 528. The van der Waals surface area contributed by atoms with E-state index in [1.807, 2.05) is 6.07 Å². The van der Waals surface area contributed by atoms with E-state index < -0.39 is 0 Å². The van der Waals surface area contributed by atoms with Crippen LogP contribution in [0.5, 0.6) is 5.88 Å². The Balaban J connectivity index is 2.45. The topological polar surface area (TPSA) is 47.9 Å². The number of rotatable bonds is 4. The van der Waals surface area contributed by atoms with Gasteiger partial charge in [-0.2, -0.15) is 0 Å². The Morgan fingerprint density at radius 2 is 2.06 bits per heavy atom. The number of nitrogens with zero attached hydrogens (tertiary/aromatic N) is 3. The molecule has 0 aliphatic heterocycles. The van der Waals surface area contributed by atoms with Crippen molar-refractivity contribution >= 4 is 11.6 Å². The van der Waals surface area contributed by atoms with Crippen molar-refractivity contribution in [3.63, 3.8) is 0 Å². The van der Waals surface area contributed by atoms with E-state index in [-0.39, 0.29) is 0 Å². The minimum absolute atomic E-state index is 0.512. The summed E-state index contributed by atoms with van der Waals surface area (Å²) in [6.07, 6.45) is 5.04. The second-order valence-corrected chi connectivity index (χ2v) is 4.19. The smallest absolute Gasteiger partial charge is 0.212 e. The predicted molar refractivity (Wildman–Crippen MR) is 70.8 cm³/mol. The lowest BCUT2D eigenvalue weighted by atomic mass is 10.1. The molecule has 0 radical (unpaired) electrons. The monoisotopic (exact) mass is 263 g/mol. The van der Waals surface area contributed by atoms with Crippen LogP contribution >= 0.6 is 11.6 Å². The highest BCUT2D eigenvalue weighted by Crippen LogP contribution is 2.26. The highest BCUT2D eigenvalue weighted by Gasteiger charge is 2.11. The average Bonchev–Trinajstić information content (AvgIpc) is 2.41. The SMILES string of the molecule is CCCc1c(Cl)ncnc1-c1ccc(OC)nc1. The highest BCUT2D eigenvalue weighted by molar-refractivity contribution is 6.30. The summed E-state index contributed by atoms with van der Waals surface area (Å²) < 4.78 is 5.04. The summed E-state index contributed by atoms with van der Waals surface area (Å²) >= 11 is 6.12. The maximum atomic E-state index is 6.12. The zero-order chi connectivity index (χ0) is 13.0. The molecule has 5 heteroatoms. The standard InChI is InChI=1S/C13H14ClN3O/c1-3-4-10-12(16-8-17-13(10)14)9-5-6-11(18-2)15-7-9/h5-8H,3-4H2,1-2H3. The van der Waals surface area contributed by atoms with E-state index in [0.29, 0.717) is 11.0 Å². The van der Waals surface area contributed by atoms with Gasteiger partial charge in [-0.15, -0.1) is 0 Å². The normalized spacial score (nSPS) is 10.4. The lowest BCUT2D eigenvalue weighted by Gasteiger charge is -2.09. The largest absolute Gasteiger partial charge is 0.481 e. The van der Waals surface area contributed by atoms with Crippen LogP contribution < -0.4 is 4.74 Å². The lowest BCUT2D eigenvalue weighted by Crippen LogP contribution is -1.97. The molecule has 0 saturated carbocycles. The van der Waals surface area contributed by atoms with Gasteiger partial charge >= 0.3 is 0 Å². The van der Waals surface area contributed by atoms with Crippen molar-refractivity contribution in [1.29, 1.82) is 0 Å². The number of hydrogen-bond donors (Lipinski definition) is 0. The average molecular weight is 264 g/mol. The van der Waals surface area contributed by atoms with Crippen molar-refractivity contribution in [1.82, 2.24) is 15.0 Å². The number of halogens is 1. The zero-order valence-corrected chi connectivity index (χ0v) is 11.1. The summed E-state index contributed by atoms with van der Waals surface area (Å²) in [5, 5.41) is 0.512. The maximum absolute atomic E-state index is 6.12. The van der Waals surface area contributed by atoms with Gasteiger partial charge in [-0.05, 0) is 12.5 Å². The molecule has 0 aliphatic rings. The molecular formula is C13H14ClN3O. The van der Waals surface area contributed by atoms with Gasteiger partial charge in [-0.3, -0.25) is 0 Å². The number of pyridine rings is 1. The summed E-state index contributed by atoms with van der Waals surface area (Å²) in [7, 11) is 1.59. The van der Waals surface area contributed by atoms with Crippen LogP contribution in [0.3, 0.4) is 0 Å². The first-order valence-corrected chi connectivity index (χ1v) is 6.13. The van der Waals surface area contributed by atoms with Crippen molar-refractivity contribution in [2.45, 2.75) is 19.8 Å². The molecule has 2 rings (SSSR count). The van der Waals surface area contributed by atoms with E-state index in [4.69, 9.17) is 16.3 Å². The summed E-state index contributed by atoms with van der Waals surface area (Å²) in [5.74, 6) is 0.580. The Kier molecular flexibility index (Phi) is 4.10. The molecule has 0 bridgehead atoms. The van der Waals surface area contributed by atoms with E-state index in [9.17, 15) is 0 Å². The molecule has 4 nitrogen and oxygen atoms in total. The number of hydrogen-bond acceptors (Lipinski definition) is 4. The quantitative estimate of drug-likeness (QED) is 0.795. The molecule has 0 atom stereocenters. The van der Waals surface area contributed by atoms with Crippen molar-refractivity contribution in [2.24, 2.45) is 0 Å². The third-order valence-corrected chi connectivity index (χ3v) is 2.94. The molecule has 0 unspecified atom stereocenters.